The predicted octanol–water partition coefficient (Wildman–Crippen LogP) is 10.3. The number of amides is 1. The number of unbranched alkanes of at least 4 members (excludes halogenated alkanes) is 16. The Morgan fingerprint density at radius 2 is 0.809 bits per heavy atom. The Balaban J connectivity index is 5.01. The third kappa shape index (κ3) is 26.9. The van der Waals surface area contributed by atoms with Crippen molar-refractivity contribution in [2.24, 2.45) is 17.6 Å². The Morgan fingerprint density at radius 1 is 0.489 bits per heavy atom. The van der Waals surface area contributed by atoms with Gasteiger partial charge in [-0.1, -0.05) is 156 Å². The first-order chi connectivity index (χ1) is 22.9. The fourth-order valence-corrected chi connectivity index (χ4v) is 6.26. The number of nitrogens with two attached hydrogens (primary N) is 1. The van der Waals surface area contributed by atoms with Crippen LogP contribution in [0.5, 0.6) is 0 Å². The highest BCUT2D eigenvalue weighted by atomic mass is 16.5. The molecule has 0 aliphatic heterocycles. The average molecular weight is 667 g/mol. The molecular weight excluding hydrogens is 588 g/mol. The van der Waals surface area contributed by atoms with Crippen molar-refractivity contribution >= 4 is 17.8 Å². The minimum Gasteiger partial charge on any atom is -0.464 e. The monoisotopic (exact) mass is 667 g/mol. The molecule has 0 saturated heterocycles. The second kappa shape index (κ2) is 34.2. The van der Waals surface area contributed by atoms with E-state index in [4.69, 9.17) is 15.2 Å². The lowest BCUT2D eigenvalue weighted by atomic mass is 9.94. The van der Waals surface area contributed by atoms with E-state index < -0.39 is 0 Å². The van der Waals surface area contributed by atoms with E-state index in [9.17, 15) is 14.4 Å². The van der Waals surface area contributed by atoms with Crippen molar-refractivity contribution in [2.45, 2.75) is 195 Å². The van der Waals surface area contributed by atoms with Gasteiger partial charge >= 0.3 is 11.9 Å². The summed E-state index contributed by atoms with van der Waals surface area (Å²) < 4.78 is 11.6. The molecule has 2 atom stereocenters. The van der Waals surface area contributed by atoms with Crippen molar-refractivity contribution in [3.05, 3.63) is 0 Å². The van der Waals surface area contributed by atoms with Gasteiger partial charge in [-0.15, -0.1) is 0 Å². The highest BCUT2D eigenvalue weighted by molar-refractivity contribution is 5.76. The summed E-state index contributed by atoms with van der Waals surface area (Å²) in [7, 11) is 0. The van der Waals surface area contributed by atoms with Crippen molar-refractivity contribution in [3.8, 4) is 0 Å². The van der Waals surface area contributed by atoms with E-state index in [0.717, 1.165) is 64.2 Å². The molecule has 0 fully saturated rings. The van der Waals surface area contributed by atoms with Crippen LogP contribution in [-0.2, 0) is 23.9 Å². The molecule has 0 aromatic carbocycles. The first-order valence-corrected chi connectivity index (χ1v) is 20.3. The lowest BCUT2D eigenvalue weighted by molar-refractivity contribution is -0.152. The van der Waals surface area contributed by atoms with Gasteiger partial charge < -0.3 is 20.1 Å². The number of carbonyl (C=O) groups excluding carboxylic acids is 3. The van der Waals surface area contributed by atoms with E-state index in [1.54, 1.807) is 4.90 Å². The highest BCUT2D eigenvalue weighted by Gasteiger charge is 2.22. The van der Waals surface area contributed by atoms with Gasteiger partial charge in [-0.05, 0) is 38.6 Å². The third-order valence-electron chi connectivity index (χ3n) is 9.45. The molecule has 0 aromatic heterocycles. The van der Waals surface area contributed by atoms with Gasteiger partial charge in [0.1, 0.15) is 13.2 Å². The number of rotatable bonds is 35. The fraction of sp³-hybridized carbons (Fsp3) is 0.925. The van der Waals surface area contributed by atoms with Crippen molar-refractivity contribution in [1.82, 2.24) is 4.90 Å². The van der Waals surface area contributed by atoms with E-state index in [2.05, 4.69) is 27.7 Å². The Morgan fingerprint density at radius 3 is 1.15 bits per heavy atom. The molecule has 0 radical (unpaired) electrons. The Labute approximate surface area is 291 Å². The Bertz CT molecular complexity index is 681. The summed E-state index contributed by atoms with van der Waals surface area (Å²) in [6, 6.07) is 0. The minimum atomic E-state index is -0.128. The molecule has 0 bridgehead atoms. The van der Waals surface area contributed by atoms with Gasteiger partial charge in [0.15, 0.2) is 0 Å². The number of nitrogens with zero attached hydrogens (tertiary/aromatic N) is 1. The van der Waals surface area contributed by atoms with Crippen LogP contribution in [0.2, 0.25) is 0 Å². The average Bonchev–Trinajstić information content (AvgIpc) is 3.07. The first kappa shape index (κ1) is 45.4. The topological polar surface area (TPSA) is 98.9 Å². The van der Waals surface area contributed by atoms with Crippen LogP contribution >= 0.6 is 0 Å². The van der Waals surface area contributed by atoms with Crippen molar-refractivity contribution < 1.29 is 23.9 Å². The van der Waals surface area contributed by atoms with E-state index in [1.807, 2.05) is 0 Å². The summed E-state index contributed by atoms with van der Waals surface area (Å²) in [4.78, 5) is 41.0. The number of hydrogen-bond donors (Lipinski definition) is 1. The molecule has 0 aliphatic carbocycles. The summed E-state index contributed by atoms with van der Waals surface area (Å²) >= 11 is 0. The van der Waals surface area contributed by atoms with Crippen molar-refractivity contribution in [3.63, 3.8) is 0 Å². The molecule has 47 heavy (non-hydrogen) atoms. The number of hydrogen-bond acceptors (Lipinski definition) is 6. The second-order valence-electron chi connectivity index (χ2n) is 13.8. The van der Waals surface area contributed by atoms with Gasteiger partial charge in [0.25, 0.3) is 0 Å². The van der Waals surface area contributed by atoms with Crippen molar-refractivity contribution in [1.29, 1.82) is 0 Å². The number of ether oxygens (including phenoxy) is 2. The first-order valence-electron chi connectivity index (χ1n) is 20.3. The largest absolute Gasteiger partial charge is 0.464 e. The van der Waals surface area contributed by atoms with Crippen LogP contribution in [0.4, 0.5) is 0 Å². The quantitative estimate of drug-likeness (QED) is 0.0534. The summed E-state index contributed by atoms with van der Waals surface area (Å²) in [6.45, 7) is 10.3. The molecule has 0 heterocycles. The van der Waals surface area contributed by atoms with E-state index in [0.29, 0.717) is 32.5 Å². The van der Waals surface area contributed by atoms with E-state index in [-0.39, 0.29) is 42.9 Å². The lowest BCUT2D eigenvalue weighted by Gasteiger charge is -2.24. The summed E-state index contributed by atoms with van der Waals surface area (Å²) in [5.74, 6) is -0.426. The summed E-state index contributed by atoms with van der Waals surface area (Å²) in [5, 5.41) is 0. The maximum atomic E-state index is 13.2. The Hall–Kier alpha value is -1.63. The molecule has 0 rings (SSSR count). The van der Waals surface area contributed by atoms with Gasteiger partial charge in [0.2, 0.25) is 5.91 Å². The van der Waals surface area contributed by atoms with Gasteiger partial charge in [-0.25, -0.2) is 0 Å². The molecule has 0 spiro atoms. The standard InChI is InChI=1S/C40H78N2O5/c1-5-9-13-17-19-23-28-36(26-21-15-11-7-3)39(44)46-34-32-42(38(43)30-25-31-41)33-35-47-40(45)37(27-22-16-12-8-4)29-24-20-18-14-10-6-2/h36-37H,5-35,41H2,1-4H3. The number of esters is 2. The van der Waals surface area contributed by atoms with Crippen LogP contribution in [0.1, 0.15) is 195 Å². The maximum absolute atomic E-state index is 13.2. The number of carbonyl (C=O) groups is 3. The molecule has 7 nitrogen and oxygen atoms in total. The van der Waals surface area contributed by atoms with Crippen LogP contribution < -0.4 is 5.73 Å². The normalized spacial score (nSPS) is 12.5. The van der Waals surface area contributed by atoms with Crippen LogP contribution in [0.25, 0.3) is 0 Å². The summed E-state index contributed by atoms with van der Waals surface area (Å²) in [6.07, 6.45) is 28.1. The van der Waals surface area contributed by atoms with Crippen LogP contribution in [0.15, 0.2) is 0 Å². The molecule has 0 aliphatic rings. The third-order valence-corrected chi connectivity index (χ3v) is 9.45. The molecular formula is C40H78N2O5. The summed E-state index contributed by atoms with van der Waals surface area (Å²) in [5.41, 5.74) is 5.68. The Kier molecular flexibility index (Phi) is 33.1. The molecule has 1 amide bonds. The SMILES string of the molecule is CCCCCCCCC(CCCCCC)C(=O)OCCN(CCOC(=O)C(CCCCCC)CCCCCCCC)C(=O)CCCN. The fourth-order valence-electron chi connectivity index (χ4n) is 6.26. The van der Waals surface area contributed by atoms with E-state index in [1.165, 1.54) is 89.9 Å². The second-order valence-corrected chi connectivity index (χ2v) is 13.8. The minimum absolute atomic E-state index is 0.0334. The molecule has 278 valence electrons. The molecule has 2 unspecified atom stereocenters. The van der Waals surface area contributed by atoms with Gasteiger partial charge in [0, 0.05) is 6.42 Å². The van der Waals surface area contributed by atoms with E-state index >= 15 is 0 Å². The lowest BCUT2D eigenvalue weighted by Crippen LogP contribution is -2.38. The maximum Gasteiger partial charge on any atom is 0.308 e. The van der Waals surface area contributed by atoms with Crippen LogP contribution in [0, 0.1) is 11.8 Å². The predicted molar refractivity (Wildman–Crippen MR) is 197 cm³/mol. The molecule has 2 N–H and O–H groups in total. The molecule has 0 aromatic rings. The van der Waals surface area contributed by atoms with Gasteiger partial charge in [-0.2, -0.15) is 0 Å². The smallest absolute Gasteiger partial charge is 0.308 e. The zero-order chi connectivity index (χ0) is 34.8. The van der Waals surface area contributed by atoms with Crippen LogP contribution in [-0.4, -0.2) is 55.6 Å². The zero-order valence-corrected chi connectivity index (χ0v) is 31.6. The van der Waals surface area contributed by atoms with Crippen molar-refractivity contribution in [2.75, 3.05) is 32.8 Å². The van der Waals surface area contributed by atoms with Gasteiger partial charge in [-0.3, -0.25) is 14.4 Å². The molecule has 7 heteroatoms. The highest BCUT2D eigenvalue weighted by Crippen LogP contribution is 2.22. The zero-order valence-electron chi connectivity index (χ0n) is 31.6. The van der Waals surface area contributed by atoms with Gasteiger partial charge in [0.05, 0.1) is 24.9 Å². The van der Waals surface area contributed by atoms with Crippen LogP contribution in [0.3, 0.4) is 0 Å². The molecule has 0 saturated carbocycles.